The molecule has 0 saturated carbocycles. The summed E-state index contributed by atoms with van der Waals surface area (Å²) >= 11 is 0. The van der Waals surface area contributed by atoms with Crippen molar-refractivity contribution in [3.8, 4) is 0 Å². The Bertz CT molecular complexity index is 543. The van der Waals surface area contributed by atoms with E-state index in [1.54, 1.807) is 0 Å². The summed E-state index contributed by atoms with van der Waals surface area (Å²) in [5.41, 5.74) is 2.06. The van der Waals surface area contributed by atoms with E-state index >= 15 is 0 Å². The standard InChI is InChI=1S/C19H28BNO2/c1-18(2)19(3,4)23-20(22-18)11-9-15-5-7-16(8-6-15)13-17-10-12-21-14-17/h5-9,11,17,21H,10,12-14H2,1-4H3. The van der Waals surface area contributed by atoms with E-state index in [9.17, 15) is 0 Å². The van der Waals surface area contributed by atoms with E-state index < -0.39 is 0 Å². The van der Waals surface area contributed by atoms with E-state index in [1.807, 2.05) is 5.98 Å². The second-order valence-electron chi connectivity index (χ2n) is 7.79. The van der Waals surface area contributed by atoms with Crippen LogP contribution in [0.15, 0.2) is 30.2 Å². The molecule has 1 unspecified atom stereocenters. The minimum Gasteiger partial charge on any atom is -0.400 e. The first kappa shape index (κ1) is 16.8. The van der Waals surface area contributed by atoms with Gasteiger partial charge in [0, 0.05) is 0 Å². The highest BCUT2D eigenvalue weighted by Crippen LogP contribution is 2.37. The van der Waals surface area contributed by atoms with Crippen molar-refractivity contribution in [2.45, 2.75) is 51.7 Å². The van der Waals surface area contributed by atoms with Crippen molar-refractivity contribution in [1.29, 1.82) is 0 Å². The monoisotopic (exact) mass is 313 g/mol. The molecule has 3 nitrogen and oxygen atoms in total. The van der Waals surface area contributed by atoms with E-state index in [0.717, 1.165) is 12.5 Å². The summed E-state index contributed by atoms with van der Waals surface area (Å²) < 4.78 is 12.0. The number of hydrogen-bond donors (Lipinski definition) is 1. The lowest BCUT2D eigenvalue weighted by Gasteiger charge is -2.32. The smallest absolute Gasteiger partial charge is 0.400 e. The van der Waals surface area contributed by atoms with Crippen LogP contribution in [0, 0.1) is 5.92 Å². The van der Waals surface area contributed by atoms with Gasteiger partial charge >= 0.3 is 7.12 Å². The molecule has 23 heavy (non-hydrogen) atoms. The average molecular weight is 313 g/mol. The van der Waals surface area contributed by atoms with Gasteiger partial charge in [0.15, 0.2) is 0 Å². The van der Waals surface area contributed by atoms with Crippen LogP contribution >= 0.6 is 0 Å². The first-order valence-corrected chi connectivity index (χ1v) is 8.69. The van der Waals surface area contributed by atoms with Crippen LogP contribution in [0.5, 0.6) is 0 Å². The molecule has 1 N–H and O–H groups in total. The molecule has 0 bridgehead atoms. The fourth-order valence-corrected chi connectivity index (χ4v) is 3.14. The van der Waals surface area contributed by atoms with Crippen molar-refractivity contribution in [2.24, 2.45) is 5.92 Å². The first-order chi connectivity index (χ1) is 10.9. The Morgan fingerprint density at radius 3 is 2.35 bits per heavy atom. The molecule has 0 radical (unpaired) electrons. The minimum absolute atomic E-state index is 0.274. The van der Waals surface area contributed by atoms with Crippen LogP contribution in [0.25, 0.3) is 6.08 Å². The summed E-state index contributed by atoms with van der Waals surface area (Å²) in [7, 11) is -0.274. The molecule has 1 atom stereocenters. The molecule has 0 aliphatic carbocycles. The zero-order chi connectivity index (χ0) is 16.5. The van der Waals surface area contributed by atoms with Crippen molar-refractivity contribution >= 4 is 13.2 Å². The maximum absolute atomic E-state index is 5.98. The molecular formula is C19H28BNO2. The van der Waals surface area contributed by atoms with Gasteiger partial charge in [0.1, 0.15) is 0 Å². The van der Waals surface area contributed by atoms with Gasteiger partial charge in [0.25, 0.3) is 0 Å². The highest BCUT2D eigenvalue weighted by molar-refractivity contribution is 6.52. The normalized spacial score (nSPS) is 26.3. The summed E-state index contributed by atoms with van der Waals surface area (Å²) in [6, 6.07) is 8.84. The highest BCUT2D eigenvalue weighted by Gasteiger charge is 2.49. The third kappa shape index (κ3) is 3.88. The summed E-state index contributed by atoms with van der Waals surface area (Å²) in [5.74, 6) is 2.80. The van der Waals surface area contributed by atoms with Crippen LogP contribution in [0.2, 0.25) is 0 Å². The average Bonchev–Trinajstić information content (AvgIpc) is 3.05. The zero-order valence-electron chi connectivity index (χ0n) is 14.8. The highest BCUT2D eigenvalue weighted by atomic mass is 16.7. The first-order valence-electron chi connectivity index (χ1n) is 8.69. The number of nitrogens with one attached hydrogen (secondary N) is 1. The number of benzene rings is 1. The molecule has 2 heterocycles. The molecule has 124 valence electrons. The van der Waals surface area contributed by atoms with E-state index in [2.05, 4.69) is 63.4 Å². The van der Waals surface area contributed by atoms with Crippen LogP contribution in [-0.4, -0.2) is 31.4 Å². The summed E-state index contributed by atoms with van der Waals surface area (Å²) in [4.78, 5) is 0. The van der Waals surface area contributed by atoms with Gasteiger partial charge in [-0.15, -0.1) is 0 Å². The van der Waals surface area contributed by atoms with Gasteiger partial charge < -0.3 is 14.6 Å². The lowest BCUT2D eigenvalue weighted by Crippen LogP contribution is -2.41. The predicted octanol–water partition coefficient (Wildman–Crippen LogP) is 3.48. The van der Waals surface area contributed by atoms with Crippen LogP contribution in [0.3, 0.4) is 0 Å². The van der Waals surface area contributed by atoms with Gasteiger partial charge in [-0.05, 0) is 70.7 Å². The molecular weight excluding hydrogens is 285 g/mol. The largest absolute Gasteiger partial charge is 0.487 e. The van der Waals surface area contributed by atoms with Crippen LogP contribution < -0.4 is 5.32 Å². The van der Waals surface area contributed by atoms with Crippen molar-refractivity contribution in [1.82, 2.24) is 5.32 Å². The molecule has 2 aliphatic rings. The SMILES string of the molecule is CC1(C)OB(C=Cc2ccc(CC3CCNC3)cc2)OC1(C)C. The summed E-state index contributed by atoms with van der Waals surface area (Å²) in [6.45, 7) is 10.6. The molecule has 1 aromatic carbocycles. The van der Waals surface area contributed by atoms with Crippen LogP contribution in [0.1, 0.15) is 45.2 Å². The number of hydrogen-bond acceptors (Lipinski definition) is 3. The summed E-state index contributed by atoms with van der Waals surface area (Å²) in [6.07, 6.45) is 4.56. The molecule has 1 aromatic rings. The minimum atomic E-state index is -0.277. The summed E-state index contributed by atoms with van der Waals surface area (Å²) in [5, 5.41) is 3.43. The van der Waals surface area contributed by atoms with Gasteiger partial charge in [-0.1, -0.05) is 36.3 Å². The van der Waals surface area contributed by atoms with E-state index in [-0.39, 0.29) is 18.3 Å². The van der Waals surface area contributed by atoms with Gasteiger partial charge in [0.05, 0.1) is 11.2 Å². The zero-order valence-corrected chi connectivity index (χ0v) is 14.8. The Morgan fingerprint density at radius 1 is 1.13 bits per heavy atom. The van der Waals surface area contributed by atoms with E-state index in [1.165, 1.54) is 30.5 Å². The fraction of sp³-hybridized carbons (Fsp3) is 0.579. The molecule has 2 fully saturated rings. The third-order valence-corrected chi connectivity index (χ3v) is 5.38. The third-order valence-electron chi connectivity index (χ3n) is 5.38. The van der Waals surface area contributed by atoms with Gasteiger partial charge in [-0.3, -0.25) is 0 Å². The predicted molar refractivity (Wildman–Crippen MR) is 96.2 cm³/mol. The Labute approximate surface area is 140 Å². The molecule has 3 rings (SSSR count). The van der Waals surface area contributed by atoms with Crippen LogP contribution in [-0.2, 0) is 15.7 Å². The van der Waals surface area contributed by atoms with Crippen molar-refractivity contribution in [2.75, 3.05) is 13.1 Å². The Morgan fingerprint density at radius 2 is 1.78 bits per heavy atom. The van der Waals surface area contributed by atoms with Gasteiger partial charge in [0.2, 0.25) is 0 Å². The number of rotatable bonds is 4. The van der Waals surface area contributed by atoms with Crippen molar-refractivity contribution < 1.29 is 9.31 Å². The van der Waals surface area contributed by atoms with E-state index in [4.69, 9.17) is 9.31 Å². The van der Waals surface area contributed by atoms with Crippen molar-refractivity contribution in [3.63, 3.8) is 0 Å². The Balaban J connectivity index is 1.58. The molecule has 2 aliphatic heterocycles. The van der Waals surface area contributed by atoms with Gasteiger partial charge in [-0.25, -0.2) is 0 Å². The maximum Gasteiger partial charge on any atom is 0.487 e. The molecule has 4 heteroatoms. The molecule has 0 aromatic heterocycles. The fourth-order valence-electron chi connectivity index (χ4n) is 3.14. The van der Waals surface area contributed by atoms with E-state index in [0.29, 0.717) is 0 Å². The maximum atomic E-state index is 5.98. The Hall–Kier alpha value is -1.10. The van der Waals surface area contributed by atoms with Crippen molar-refractivity contribution in [3.05, 3.63) is 41.4 Å². The quantitative estimate of drug-likeness (QED) is 0.863. The lowest BCUT2D eigenvalue weighted by molar-refractivity contribution is 0.00578. The van der Waals surface area contributed by atoms with Crippen LogP contribution in [0.4, 0.5) is 0 Å². The molecule has 0 spiro atoms. The molecule has 2 saturated heterocycles. The molecule has 0 amide bonds. The second-order valence-corrected chi connectivity index (χ2v) is 7.79. The Kier molecular flexibility index (Phi) is 4.68. The second kappa shape index (κ2) is 6.42. The lowest BCUT2D eigenvalue weighted by atomic mass is 9.89. The van der Waals surface area contributed by atoms with Gasteiger partial charge in [-0.2, -0.15) is 0 Å². The topological polar surface area (TPSA) is 30.5 Å².